The van der Waals surface area contributed by atoms with E-state index in [1.54, 1.807) is 13.0 Å². The van der Waals surface area contributed by atoms with E-state index < -0.39 is 0 Å². The van der Waals surface area contributed by atoms with E-state index in [1.165, 1.54) is 5.56 Å². The Labute approximate surface area is 118 Å². The average molecular weight is 273 g/mol. The Morgan fingerprint density at radius 2 is 1.90 bits per heavy atom. The van der Waals surface area contributed by atoms with Crippen LogP contribution in [0.3, 0.4) is 0 Å². The molecule has 0 aliphatic rings. The van der Waals surface area contributed by atoms with Crippen LogP contribution in [0.1, 0.15) is 27.4 Å². The van der Waals surface area contributed by atoms with Crippen molar-refractivity contribution in [2.45, 2.75) is 20.0 Å². The molecule has 5 heteroatoms. The summed E-state index contributed by atoms with van der Waals surface area (Å²) in [6.07, 6.45) is 0. The second-order valence-electron chi connectivity index (χ2n) is 5.07. The van der Waals surface area contributed by atoms with Gasteiger partial charge in [0.25, 0.3) is 5.91 Å². The highest BCUT2D eigenvalue weighted by Crippen LogP contribution is 2.07. The number of carbonyl (C=O) groups is 1. The summed E-state index contributed by atoms with van der Waals surface area (Å²) >= 11 is 0. The van der Waals surface area contributed by atoms with E-state index >= 15 is 0 Å². The van der Waals surface area contributed by atoms with Crippen LogP contribution in [0.4, 0.5) is 0 Å². The van der Waals surface area contributed by atoms with Gasteiger partial charge in [0.15, 0.2) is 0 Å². The van der Waals surface area contributed by atoms with Crippen LogP contribution in [0.2, 0.25) is 0 Å². The Kier molecular flexibility index (Phi) is 4.53. The highest BCUT2D eigenvalue weighted by molar-refractivity contribution is 5.91. The van der Waals surface area contributed by atoms with E-state index in [2.05, 4.69) is 27.5 Å². The first kappa shape index (κ1) is 14.3. The molecule has 0 unspecified atom stereocenters. The zero-order valence-corrected chi connectivity index (χ0v) is 12.0. The topological polar surface area (TPSA) is 58.4 Å². The molecule has 0 radical (unpaired) electrons. The van der Waals surface area contributed by atoms with Crippen LogP contribution in [-0.4, -0.2) is 30.1 Å². The summed E-state index contributed by atoms with van der Waals surface area (Å²) in [6, 6.07) is 9.80. The minimum absolute atomic E-state index is 0.242. The maximum atomic E-state index is 11.8. The highest BCUT2D eigenvalue weighted by Gasteiger charge is 2.10. The van der Waals surface area contributed by atoms with Gasteiger partial charge in [0, 0.05) is 19.2 Å². The molecular formula is C15H19N3O2. The molecule has 0 atom stereocenters. The predicted octanol–water partition coefficient (Wildman–Crippen LogP) is 1.97. The maximum Gasteiger partial charge on any atom is 0.290 e. The summed E-state index contributed by atoms with van der Waals surface area (Å²) in [4.78, 5) is 13.9. The lowest BCUT2D eigenvalue weighted by Crippen LogP contribution is -2.22. The van der Waals surface area contributed by atoms with E-state index in [-0.39, 0.29) is 11.7 Å². The standard InChI is InChI=1S/C15H19N3O2/c1-11-8-14(20-17-11)15(19)16-9-12-4-6-13(7-5-12)10-18(2)3/h4-8H,9-10H2,1-3H3,(H,16,19). The molecule has 0 spiro atoms. The molecule has 2 rings (SSSR count). The Bertz CT molecular complexity index is 573. The second-order valence-corrected chi connectivity index (χ2v) is 5.07. The zero-order valence-electron chi connectivity index (χ0n) is 12.0. The molecule has 1 N–H and O–H groups in total. The van der Waals surface area contributed by atoms with Crippen LogP contribution in [0, 0.1) is 6.92 Å². The Morgan fingerprint density at radius 1 is 1.25 bits per heavy atom. The summed E-state index contributed by atoms with van der Waals surface area (Å²) in [5.74, 6) is -0.00491. The molecule has 0 saturated heterocycles. The average Bonchev–Trinajstić information content (AvgIpc) is 2.84. The van der Waals surface area contributed by atoms with Gasteiger partial charge in [0.1, 0.15) is 0 Å². The number of aryl methyl sites for hydroxylation is 1. The third kappa shape index (κ3) is 3.93. The molecule has 0 aliphatic heterocycles. The fourth-order valence-corrected chi connectivity index (χ4v) is 1.87. The van der Waals surface area contributed by atoms with E-state index in [4.69, 9.17) is 4.52 Å². The molecule has 20 heavy (non-hydrogen) atoms. The summed E-state index contributed by atoms with van der Waals surface area (Å²) < 4.78 is 4.91. The minimum atomic E-state index is -0.247. The van der Waals surface area contributed by atoms with Crippen molar-refractivity contribution in [1.82, 2.24) is 15.4 Å². The van der Waals surface area contributed by atoms with Crippen LogP contribution < -0.4 is 5.32 Å². The number of rotatable bonds is 5. The molecule has 0 aliphatic carbocycles. The molecule has 1 amide bonds. The molecule has 5 nitrogen and oxygen atoms in total. The van der Waals surface area contributed by atoms with Crippen molar-refractivity contribution in [3.63, 3.8) is 0 Å². The number of carbonyl (C=O) groups excluding carboxylic acids is 1. The molecule has 0 fully saturated rings. The van der Waals surface area contributed by atoms with Crippen molar-refractivity contribution in [2.24, 2.45) is 0 Å². The van der Waals surface area contributed by atoms with E-state index in [9.17, 15) is 4.79 Å². The predicted molar refractivity (Wildman–Crippen MR) is 76.2 cm³/mol. The normalized spacial score (nSPS) is 10.8. The molecule has 0 bridgehead atoms. The van der Waals surface area contributed by atoms with Crippen LogP contribution in [0.15, 0.2) is 34.9 Å². The van der Waals surface area contributed by atoms with Crippen molar-refractivity contribution in [2.75, 3.05) is 14.1 Å². The molecule has 1 aromatic carbocycles. The highest BCUT2D eigenvalue weighted by atomic mass is 16.5. The lowest BCUT2D eigenvalue weighted by Gasteiger charge is -2.10. The van der Waals surface area contributed by atoms with E-state index in [0.717, 1.165) is 12.1 Å². The van der Waals surface area contributed by atoms with E-state index in [0.29, 0.717) is 12.2 Å². The maximum absolute atomic E-state index is 11.8. The Hall–Kier alpha value is -2.14. The Morgan fingerprint density at radius 3 is 2.45 bits per heavy atom. The van der Waals surface area contributed by atoms with Crippen LogP contribution in [0.5, 0.6) is 0 Å². The number of aromatic nitrogens is 1. The monoisotopic (exact) mass is 273 g/mol. The third-order valence-corrected chi connectivity index (χ3v) is 2.83. The SMILES string of the molecule is Cc1cc(C(=O)NCc2ccc(CN(C)C)cc2)on1. The zero-order chi connectivity index (χ0) is 14.5. The van der Waals surface area contributed by atoms with Crippen molar-refractivity contribution in [3.8, 4) is 0 Å². The van der Waals surface area contributed by atoms with Crippen molar-refractivity contribution in [1.29, 1.82) is 0 Å². The van der Waals surface area contributed by atoms with Gasteiger partial charge >= 0.3 is 0 Å². The first-order chi connectivity index (χ1) is 9.54. The lowest BCUT2D eigenvalue weighted by atomic mass is 10.1. The number of benzene rings is 1. The number of hydrogen-bond donors (Lipinski definition) is 1. The smallest absolute Gasteiger partial charge is 0.290 e. The second kappa shape index (κ2) is 6.34. The van der Waals surface area contributed by atoms with Crippen LogP contribution >= 0.6 is 0 Å². The summed E-state index contributed by atoms with van der Waals surface area (Å²) in [6.45, 7) is 3.16. The fraction of sp³-hybridized carbons (Fsp3) is 0.333. The molecule has 2 aromatic rings. The van der Waals surface area contributed by atoms with Gasteiger partial charge in [0.05, 0.1) is 5.69 Å². The van der Waals surface area contributed by atoms with Gasteiger partial charge in [-0.3, -0.25) is 4.79 Å². The van der Waals surface area contributed by atoms with Gasteiger partial charge in [0.2, 0.25) is 5.76 Å². The number of amides is 1. The first-order valence-electron chi connectivity index (χ1n) is 6.48. The van der Waals surface area contributed by atoms with Crippen LogP contribution in [-0.2, 0) is 13.1 Å². The molecule has 106 valence electrons. The van der Waals surface area contributed by atoms with Gasteiger partial charge in [-0.25, -0.2) is 0 Å². The van der Waals surface area contributed by atoms with E-state index in [1.807, 2.05) is 26.2 Å². The lowest BCUT2D eigenvalue weighted by molar-refractivity contribution is 0.0914. The van der Waals surface area contributed by atoms with Gasteiger partial charge in [-0.15, -0.1) is 0 Å². The van der Waals surface area contributed by atoms with Gasteiger partial charge in [-0.2, -0.15) is 0 Å². The molecule has 1 heterocycles. The number of nitrogens with one attached hydrogen (secondary N) is 1. The van der Waals surface area contributed by atoms with Gasteiger partial charge in [-0.05, 0) is 32.1 Å². The number of nitrogens with zero attached hydrogens (tertiary/aromatic N) is 2. The molecule has 1 aromatic heterocycles. The largest absolute Gasteiger partial charge is 0.351 e. The third-order valence-electron chi connectivity index (χ3n) is 2.83. The van der Waals surface area contributed by atoms with Crippen LogP contribution in [0.25, 0.3) is 0 Å². The summed E-state index contributed by atoms with van der Waals surface area (Å²) in [5, 5.41) is 6.50. The van der Waals surface area contributed by atoms with Crippen molar-refractivity contribution < 1.29 is 9.32 Å². The number of hydrogen-bond acceptors (Lipinski definition) is 4. The Balaban J connectivity index is 1.89. The summed E-state index contributed by atoms with van der Waals surface area (Å²) in [7, 11) is 4.07. The fourth-order valence-electron chi connectivity index (χ4n) is 1.87. The van der Waals surface area contributed by atoms with Crippen molar-refractivity contribution in [3.05, 3.63) is 52.9 Å². The van der Waals surface area contributed by atoms with Crippen molar-refractivity contribution >= 4 is 5.91 Å². The molecular weight excluding hydrogens is 254 g/mol. The summed E-state index contributed by atoms with van der Waals surface area (Å²) in [5.41, 5.74) is 3.00. The quantitative estimate of drug-likeness (QED) is 0.905. The molecule has 0 saturated carbocycles. The first-order valence-corrected chi connectivity index (χ1v) is 6.48. The van der Waals surface area contributed by atoms with Gasteiger partial charge in [-0.1, -0.05) is 29.4 Å². The van der Waals surface area contributed by atoms with Gasteiger partial charge < -0.3 is 14.7 Å². The minimum Gasteiger partial charge on any atom is -0.351 e.